The minimum absolute atomic E-state index is 0.0334. The molecule has 0 unspecified atom stereocenters. The molecule has 1 aromatic heterocycles. The predicted molar refractivity (Wildman–Crippen MR) is 186 cm³/mol. The molecule has 0 bridgehead atoms. The molecule has 0 spiro atoms. The number of nitrogens with one attached hydrogen (secondary N) is 2. The van der Waals surface area contributed by atoms with Crippen LogP contribution in [0.15, 0.2) is 35.4 Å². The summed E-state index contributed by atoms with van der Waals surface area (Å²) in [6.07, 6.45) is 6.35. The second-order valence-corrected chi connectivity index (χ2v) is 16.8. The number of aromatic nitrogens is 3. The number of amides is 4. The SMILES string of the molecule is CC(C)(O)c1cnnn1[C@H]1C[C@@H](C(=O)N[C@]2(C(=O)C(N)=O)CCCOCC2)N(C(=O)[C@@H](CC2CCCCC2)NC(=O)c2ccc(S(=O)(=O)C(F)F)cc2)C1. The second kappa shape index (κ2) is 16.6. The van der Waals surface area contributed by atoms with Crippen molar-refractivity contribution < 1.29 is 51.0 Å². The summed E-state index contributed by atoms with van der Waals surface area (Å²) in [7, 11) is -4.91. The Bertz CT molecular complexity index is 1820. The number of nitrogens with two attached hydrogens (primary N) is 1. The first-order valence-electron chi connectivity index (χ1n) is 18.0. The molecular weight excluding hydrogens is 732 g/mol. The fraction of sp³-hybridized carbons (Fsp3) is 0.629. The lowest BCUT2D eigenvalue weighted by Gasteiger charge is -2.35. The maximum atomic E-state index is 14.7. The molecular formula is C35H47F2N7O9S. The second-order valence-electron chi connectivity index (χ2n) is 14.8. The Balaban J connectivity index is 1.49. The van der Waals surface area contributed by atoms with E-state index in [1.165, 1.54) is 29.6 Å². The highest BCUT2D eigenvalue weighted by molar-refractivity contribution is 7.91. The molecule has 1 saturated carbocycles. The molecule has 296 valence electrons. The molecule has 16 nitrogen and oxygen atoms in total. The highest BCUT2D eigenvalue weighted by Gasteiger charge is 2.49. The Labute approximate surface area is 311 Å². The molecule has 1 aliphatic carbocycles. The highest BCUT2D eigenvalue weighted by atomic mass is 32.2. The van der Waals surface area contributed by atoms with E-state index in [0.717, 1.165) is 56.4 Å². The molecule has 4 amide bonds. The van der Waals surface area contributed by atoms with Crippen LogP contribution in [0.25, 0.3) is 0 Å². The summed E-state index contributed by atoms with van der Waals surface area (Å²) in [6.45, 7) is 3.30. The first-order chi connectivity index (χ1) is 25.4. The van der Waals surface area contributed by atoms with E-state index in [-0.39, 0.29) is 50.3 Å². The summed E-state index contributed by atoms with van der Waals surface area (Å²) in [4.78, 5) is 68.8. The Morgan fingerprint density at radius 1 is 1.06 bits per heavy atom. The molecule has 2 aliphatic heterocycles. The summed E-state index contributed by atoms with van der Waals surface area (Å²) in [5, 5.41) is 24.5. The number of primary amides is 1. The van der Waals surface area contributed by atoms with E-state index in [1.807, 2.05) is 0 Å². The van der Waals surface area contributed by atoms with Crippen LogP contribution in [0.1, 0.15) is 100 Å². The topological polar surface area (TPSA) is 233 Å². The number of hydrogen-bond donors (Lipinski definition) is 4. The summed E-state index contributed by atoms with van der Waals surface area (Å²) in [6, 6.07) is 0.806. The van der Waals surface area contributed by atoms with Gasteiger partial charge in [0.15, 0.2) is 0 Å². The number of carbonyl (C=O) groups excluding carboxylic acids is 5. The summed E-state index contributed by atoms with van der Waals surface area (Å²) in [5.41, 5.74) is 2.57. The van der Waals surface area contributed by atoms with E-state index in [4.69, 9.17) is 10.5 Å². The maximum Gasteiger partial charge on any atom is 0.341 e. The monoisotopic (exact) mass is 779 g/mol. The molecule has 2 saturated heterocycles. The van der Waals surface area contributed by atoms with Gasteiger partial charge < -0.3 is 31.1 Å². The fourth-order valence-electron chi connectivity index (χ4n) is 7.67. The maximum absolute atomic E-state index is 14.7. The van der Waals surface area contributed by atoms with Crippen LogP contribution in [0.5, 0.6) is 0 Å². The number of benzene rings is 1. The molecule has 0 radical (unpaired) electrons. The Kier molecular flexibility index (Phi) is 12.5. The van der Waals surface area contributed by atoms with Crippen LogP contribution in [-0.2, 0) is 39.4 Å². The molecule has 4 atom stereocenters. The van der Waals surface area contributed by atoms with Crippen LogP contribution in [0.2, 0.25) is 0 Å². The van der Waals surface area contributed by atoms with Gasteiger partial charge in [-0.25, -0.2) is 13.1 Å². The lowest BCUT2D eigenvalue weighted by atomic mass is 9.84. The highest BCUT2D eigenvalue weighted by Crippen LogP contribution is 2.34. The van der Waals surface area contributed by atoms with Crippen LogP contribution in [0.4, 0.5) is 8.78 Å². The zero-order valence-electron chi connectivity index (χ0n) is 30.2. The fourth-order valence-corrected chi connectivity index (χ4v) is 8.39. The van der Waals surface area contributed by atoms with Crippen molar-refractivity contribution in [2.45, 2.75) is 118 Å². The third-order valence-corrected chi connectivity index (χ3v) is 12.0. The third-order valence-electron chi connectivity index (χ3n) is 10.6. The van der Waals surface area contributed by atoms with Gasteiger partial charge in [-0.1, -0.05) is 37.3 Å². The molecule has 5 rings (SSSR count). The van der Waals surface area contributed by atoms with Gasteiger partial charge in [0, 0.05) is 38.2 Å². The van der Waals surface area contributed by atoms with Crippen molar-refractivity contribution in [2.24, 2.45) is 11.7 Å². The van der Waals surface area contributed by atoms with Gasteiger partial charge in [0.2, 0.25) is 27.4 Å². The number of sulfone groups is 1. The number of Topliss-reactive ketones (excluding diaryl/α,β-unsaturated/α-hetero) is 1. The van der Waals surface area contributed by atoms with Gasteiger partial charge in [0.1, 0.15) is 23.2 Å². The number of ketones is 1. The minimum Gasteiger partial charge on any atom is -0.384 e. The van der Waals surface area contributed by atoms with Crippen molar-refractivity contribution in [1.29, 1.82) is 0 Å². The summed E-state index contributed by atoms with van der Waals surface area (Å²) in [5.74, 6) is -7.99. The van der Waals surface area contributed by atoms with Crippen LogP contribution < -0.4 is 16.4 Å². The zero-order valence-corrected chi connectivity index (χ0v) is 31.0. The first kappa shape index (κ1) is 40.8. The van der Waals surface area contributed by atoms with Gasteiger partial charge >= 0.3 is 5.76 Å². The minimum atomic E-state index is -4.91. The Morgan fingerprint density at radius 2 is 1.74 bits per heavy atom. The number of aliphatic hydroxyl groups is 1. The molecule has 1 aromatic carbocycles. The van der Waals surface area contributed by atoms with Gasteiger partial charge in [0.25, 0.3) is 11.8 Å². The number of rotatable bonds is 13. The Morgan fingerprint density at radius 3 is 2.37 bits per heavy atom. The summed E-state index contributed by atoms with van der Waals surface area (Å²) < 4.78 is 57.1. The predicted octanol–water partition coefficient (Wildman–Crippen LogP) is 1.52. The van der Waals surface area contributed by atoms with Crippen molar-refractivity contribution in [1.82, 2.24) is 30.5 Å². The Hall–Kier alpha value is -4.36. The van der Waals surface area contributed by atoms with Crippen molar-refractivity contribution in [3.8, 4) is 0 Å². The van der Waals surface area contributed by atoms with E-state index in [1.54, 1.807) is 0 Å². The number of halogens is 2. The van der Waals surface area contributed by atoms with Crippen molar-refractivity contribution in [2.75, 3.05) is 19.8 Å². The average molecular weight is 780 g/mol. The molecule has 19 heteroatoms. The van der Waals surface area contributed by atoms with Gasteiger partial charge in [-0.15, -0.1) is 5.10 Å². The number of likely N-dealkylation sites (tertiary alicyclic amines) is 1. The van der Waals surface area contributed by atoms with Crippen molar-refractivity contribution in [3.05, 3.63) is 41.7 Å². The number of alkyl halides is 2. The summed E-state index contributed by atoms with van der Waals surface area (Å²) >= 11 is 0. The van der Waals surface area contributed by atoms with E-state index < -0.39 is 79.2 Å². The first-order valence-corrected chi connectivity index (χ1v) is 19.6. The molecule has 2 aromatic rings. The molecule has 3 heterocycles. The van der Waals surface area contributed by atoms with E-state index in [2.05, 4.69) is 20.9 Å². The number of hydrogen-bond acceptors (Lipinski definition) is 11. The zero-order chi connectivity index (χ0) is 39.4. The van der Waals surface area contributed by atoms with Gasteiger partial charge in [-0.3, -0.25) is 24.0 Å². The van der Waals surface area contributed by atoms with Crippen LogP contribution in [0.3, 0.4) is 0 Å². The van der Waals surface area contributed by atoms with Crippen molar-refractivity contribution >= 4 is 39.2 Å². The standard InChI is InChI=1S/C35H47F2N7O9S/c1-34(2,50)27-19-39-42-44(27)23-18-26(31(48)41-35(28(45)29(38)46)13-6-15-53-16-14-35)43(20-23)32(49)25(17-21-7-4-3-5-8-21)40-30(47)22-9-11-24(12-10-22)54(51,52)33(36)37/h9-12,19,21,23,25-26,33,50H,3-8,13-18,20H2,1-2H3,(H2,38,46)(H,40,47)(H,41,48)/t23-,25+,26-,35+/m0/s1. The quantitative estimate of drug-likeness (QED) is 0.213. The van der Waals surface area contributed by atoms with E-state index >= 15 is 0 Å². The van der Waals surface area contributed by atoms with Gasteiger partial charge in [0.05, 0.1) is 22.8 Å². The lowest BCUT2D eigenvalue weighted by molar-refractivity contribution is -0.145. The molecule has 54 heavy (non-hydrogen) atoms. The normalized spacial score (nSPS) is 23.4. The van der Waals surface area contributed by atoms with Crippen LogP contribution >= 0.6 is 0 Å². The van der Waals surface area contributed by atoms with Crippen LogP contribution in [-0.4, -0.2) is 106 Å². The third kappa shape index (κ3) is 8.94. The lowest BCUT2D eigenvalue weighted by Crippen LogP contribution is -2.62. The number of carbonyl (C=O) groups is 5. The largest absolute Gasteiger partial charge is 0.384 e. The van der Waals surface area contributed by atoms with E-state index in [9.17, 15) is 46.3 Å². The van der Waals surface area contributed by atoms with Crippen molar-refractivity contribution in [3.63, 3.8) is 0 Å². The van der Waals surface area contributed by atoms with E-state index in [0.29, 0.717) is 18.7 Å². The smallest absolute Gasteiger partial charge is 0.341 e. The molecule has 3 aliphatic rings. The number of nitrogens with zero attached hydrogens (tertiary/aromatic N) is 4. The molecule has 5 N–H and O–H groups in total. The van der Waals surface area contributed by atoms with Gasteiger partial charge in [-0.2, -0.15) is 8.78 Å². The van der Waals surface area contributed by atoms with Crippen LogP contribution in [0, 0.1) is 5.92 Å². The number of ether oxygens (including phenoxy) is 1. The average Bonchev–Trinajstić information content (AvgIpc) is 3.75. The van der Waals surface area contributed by atoms with Gasteiger partial charge in [-0.05, 0) is 63.3 Å². The molecule has 3 fully saturated rings.